The first-order valence-electron chi connectivity index (χ1n) is 7.89. The molecule has 0 spiro atoms. The molecule has 0 aromatic heterocycles. The lowest BCUT2D eigenvalue weighted by atomic mass is 10.0. The molecule has 2 N–H and O–H groups in total. The molecule has 0 fully saturated rings. The minimum absolute atomic E-state index is 0.0577. The molecule has 6 heteroatoms. The van der Waals surface area contributed by atoms with Gasteiger partial charge in [-0.25, -0.2) is 4.79 Å². The van der Waals surface area contributed by atoms with Gasteiger partial charge >= 0.3 is 6.09 Å². The van der Waals surface area contributed by atoms with E-state index in [1.54, 1.807) is 19.1 Å². The van der Waals surface area contributed by atoms with Gasteiger partial charge in [-0.3, -0.25) is 4.79 Å². The van der Waals surface area contributed by atoms with Crippen LogP contribution in [0.2, 0.25) is 0 Å². The van der Waals surface area contributed by atoms with Gasteiger partial charge in [0, 0.05) is 12.6 Å². The largest absolute Gasteiger partial charge is 0.484 e. The lowest BCUT2D eigenvalue weighted by Crippen LogP contribution is -2.45. The van der Waals surface area contributed by atoms with Crippen LogP contribution in [0.1, 0.15) is 27.2 Å². The molecule has 2 amide bonds. The summed E-state index contributed by atoms with van der Waals surface area (Å²) in [4.78, 5) is 23.4. The maximum absolute atomic E-state index is 11.8. The number of benzene rings is 1. The second kappa shape index (κ2) is 10.5. The van der Waals surface area contributed by atoms with E-state index < -0.39 is 6.09 Å². The Morgan fingerprint density at radius 3 is 2.48 bits per heavy atom. The Labute approximate surface area is 137 Å². The number of rotatable bonds is 9. The van der Waals surface area contributed by atoms with Crippen molar-refractivity contribution in [2.45, 2.75) is 33.2 Å². The van der Waals surface area contributed by atoms with Crippen molar-refractivity contribution in [1.29, 1.82) is 0 Å². The van der Waals surface area contributed by atoms with Crippen LogP contribution in [0.25, 0.3) is 0 Å². The Kier molecular flexibility index (Phi) is 8.57. The molecule has 0 aliphatic carbocycles. The van der Waals surface area contributed by atoms with Crippen molar-refractivity contribution >= 4 is 12.0 Å². The molecule has 0 aliphatic rings. The summed E-state index contributed by atoms with van der Waals surface area (Å²) in [6.45, 7) is 6.46. The van der Waals surface area contributed by atoms with Crippen molar-refractivity contribution in [2.75, 3.05) is 19.8 Å². The van der Waals surface area contributed by atoms with E-state index in [0.717, 1.165) is 6.42 Å². The molecule has 1 aromatic rings. The zero-order chi connectivity index (χ0) is 17.1. The minimum Gasteiger partial charge on any atom is -0.484 e. The van der Waals surface area contributed by atoms with Gasteiger partial charge in [0.15, 0.2) is 6.61 Å². The van der Waals surface area contributed by atoms with Crippen LogP contribution in [-0.2, 0) is 9.53 Å². The predicted octanol–water partition coefficient (Wildman–Crippen LogP) is 2.34. The summed E-state index contributed by atoms with van der Waals surface area (Å²) in [5.74, 6) is 0.804. The van der Waals surface area contributed by atoms with E-state index in [4.69, 9.17) is 9.47 Å². The van der Waals surface area contributed by atoms with Crippen molar-refractivity contribution in [3.05, 3.63) is 30.3 Å². The van der Waals surface area contributed by atoms with E-state index in [1.165, 1.54) is 0 Å². The fraction of sp³-hybridized carbons (Fsp3) is 0.529. The Morgan fingerprint density at radius 2 is 1.87 bits per heavy atom. The molecule has 0 aliphatic heterocycles. The number of amides is 2. The Morgan fingerprint density at radius 1 is 1.17 bits per heavy atom. The van der Waals surface area contributed by atoms with Crippen LogP contribution < -0.4 is 15.4 Å². The quantitative estimate of drug-likeness (QED) is 0.731. The molecule has 1 atom stereocenters. The van der Waals surface area contributed by atoms with Crippen molar-refractivity contribution in [3.8, 4) is 5.75 Å². The maximum atomic E-state index is 11.8. The molecule has 6 nitrogen and oxygen atoms in total. The summed E-state index contributed by atoms with van der Waals surface area (Å²) in [5.41, 5.74) is 0. The number of alkyl carbamates (subject to hydrolysis) is 1. The van der Waals surface area contributed by atoms with Crippen LogP contribution in [0.3, 0.4) is 0 Å². The highest BCUT2D eigenvalue weighted by Crippen LogP contribution is 2.08. The van der Waals surface area contributed by atoms with Gasteiger partial charge in [0.1, 0.15) is 5.75 Å². The van der Waals surface area contributed by atoms with E-state index in [2.05, 4.69) is 24.5 Å². The monoisotopic (exact) mass is 322 g/mol. The van der Waals surface area contributed by atoms with Gasteiger partial charge in [0.05, 0.1) is 6.61 Å². The van der Waals surface area contributed by atoms with E-state index >= 15 is 0 Å². The van der Waals surface area contributed by atoms with Crippen LogP contribution in [0.15, 0.2) is 30.3 Å². The van der Waals surface area contributed by atoms with Crippen molar-refractivity contribution in [1.82, 2.24) is 10.6 Å². The maximum Gasteiger partial charge on any atom is 0.407 e. The van der Waals surface area contributed by atoms with Gasteiger partial charge < -0.3 is 20.1 Å². The highest BCUT2D eigenvalue weighted by atomic mass is 16.5. The van der Waals surface area contributed by atoms with Crippen LogP contribution >= 0.6 is 0 Å². The van der Waals surface area contributed by atoms with E-state index in [9.17, 15) is 9.59 Å². The number of nitrogens with one attached hydrogen (secondary N) is 2. The highest BCUT2D eigenvalue weighted by molar-refractivity contribution is 5.77. The molecular weight excluding hydrogens is 296 g/mol. The van der Waals surface area contributed by atoms with Gasteiger partial charge in [-0.15, -0.1) is 0 Å². The summed E-state index contributed by atoms with van der Waals surface area (Å²) in [6.07, 6.45) is 0.284. The van der Waals surface area contributed by atoms with E-state index in [1.807, 2.05) is 18.2 Å². The molecule has 1 aromatic carbocycles. The molecule has 0 radical (unpaired) electrons. The average molecular weight is 322 g/mol. The number of hydrogen-bond donors (Lipinski definition) is 2. The van der Waals surface area contributed by atoms with Crippen molar-refractivity contribution in [2.24, 2.45) is 5.92 Å². The van der Waals surface area contributed by atoms with E-state index in [0.29, 0.717) is 24.8 Å². The third-order valence-corrected chi connectivity index (χ3v) is 3.01. The third kappa shape index (κ3) is 8.70. The molecular formula is C17H26N2O4. The minimum atomic E-state index is -0.465. The third-order valence-electron chi connectivity index (χ3n) is 3.01. The summed E-state index contributed by atoms with van der Waals surface area (Å²) >= 11 is 0. The molecule has 0 bridgehead atoms. The Bertz CT molecular complexity index is 477. The van der Waals surface area contributed by atoms with Gasteiger partial charge in [-0.2, -0.15) is 0 Å². The first-order valence-corrected chi connectivity index (χ1v) is 7.89. The zero-order valence-corrected chi connectivity index (χ0v) is 14.0. The van der Waals surface area contributed by atoms with Gasteiger partial charge in [0.2, 0.25) is 0 Å². The van der Waals surface area contributed by atoms with Gasteiger partial charge in [-0.1, -0.05) is 32.0 Å². The first kappa shape index (κ1) is 18.8. The number of hydrogen-bond acceptors (Lipinski definition) is 4. The smallest absolute Gasteiger partial charge is 0.407 e. The van der Waals surface area contributed by atoms with Gasteiger partial charge in [-0.05, 0) is 31.4 Å². The number of carbonyl (C=O) groups is 2. The van der Waals surface area contributed by atoms with Gasteiger partial charge in [0.25, 0.3) is 5.91 Å². The molecule has 0 saturated carbocycles. The zero-order valence-electron chi connectivity index (χ0n) is 14.0. The summed E-state index contributed by atoms with van der Waals surface area (Å²) < 4.78 is 10.3. The summed E-state index contributed by atoms with van der Waals surface area (Å²) in [6, 6.07) is 8.97. The lowest BCUT2D eigenvalue weighted by Gasteiger charge is -2.20. The molecule has 1 rings (SSSR count). The summed E-state index contributed by atoms with van der Waals surface area (Å²) in [7, 11) is 0. The molecule has 0 heterocycles. The average Bonchev–Trinajstić information content (AvgIpc) is 2.51. The topological polar surface area (TPSA) is 76.7 Å². The number of carbonyl (C=O) groups excluding carboxylic acids is 2. The fourth-order valence-corrected chi connectivity index (χ4v) is 2.06. The number of para-hydroxylation sites is 1. The van der Waals surface area contributed by atoms with E-state index in [-0.39, 0.29) is 18.6 Å². The Hall–Kier alpha value is -2.24. The second-order valence-electron chi connectivity index (χ2n) is 5.60. The fourth-order valence-electron chi connectivity index (χ4n) is 2.06. The normalized spacial score (nSPS) is 11.7. The van der Waals surface area contributed by atoms with Crippen LogP contribution in [-0.4, -0.2) is 37.8 Å². The number of ether oxygens (including phenoxy) is 2. The second-order valence-corrected chi connectivity index (χ2v) is 5.60. The predicted molar refractivity (Wildman–Crippen MR) is 88.3 cm³/mol. The van der Waals surface area contributed by atoms with Crippen LogP contribution in [0, 0.1) is 5.92 Å². The SMILES string of the molecule is CCOC(=O)NC(CNC(=O)COc1ccccc1)CC(C)C. The molecule has 1 unspecified atom stereocenters. The molecule has 23 heavy (non-hydrogen) atoms. The Balaban J connectivity index is 2.37. The van der Waals surface area contributed by atoms with Crippen molar-refractivity contribution in [3.63, 3.8) is 0 Å². The highest BCUT2D eigenvalue weighted by Gasteiger charge is 2.16. The first-order chi connectivity index (χ1) is 11.0. The van der Waals surface area contributed by atoms with Crippen LogP contribution in [0.5, 0.6) is 5.75 Å². The van der Waals surface area contributed by atoms with Crippen LogP contribution in [0.4, 0.5) is 4.79 Å². The lowest BCUT2D eigenvalue weighted by molar-refractivity contribution is -0.123. The standard InChI is InChI=1S/C17H26N2O4/c1-4-22-17(21)19-14(10-13(2)3)11-18-16(20)12-23-15-8-6-5-7-9-15/h5-9,13-14H,4,10-12H2,1-3H3,(H,18,20)(H,19,21). The van der Waals surface area contributed by atoms with Crippen molar-refractivity contribution < 1.29 is 19.1 Å². The molecule has 0 saturated heterocycles. The molecule has 128 valence electrons. The summed E-state index contributed by atoms with van der Waals surface area (Å²) in [5, 5.41) is 5.53.